The number of hydrogen-bond donors (Lipinski definition) is 0. The Labute approximate surface area is 68.5 Å². The Balaban J connectivity index is 1.91. The van der Waals surface area contributed by atoms with Crippen LogP contribution < -0.4 is 0 Å². The lowest BCUT2D eigenvalue weighted by Gasteiger charge is -2.49. The van der Waals surface area contributed by atoms with Crippen LogP contribution in [0.4, 0.5) is 0 Å². The number of rotatable bonds is 1. The Hall–Kier alpha value is -0.0800. The van der Waals surface area contributed by atoms with Crippen LogP contribution in [-0.4, -0.2) is 38.3 Å². The number of fused-ring (bicyclic) bond motifs is 1. The van der Waals surface area contributed by atoms with Gasteiger partial charge in [-0.15, -0.1) is 0 Å². The van der Waals surface area contributed by atoms with Gasteiger partial charge in [-0.05, 0) is 32.4 Å². The van der Waals surface area contributed by atoms with Crippen LogP contribution in [-0.2, 0) is 4.74 Å². The molecule has 0 radical (unpaired) electrons. The lowest BCUT2D eigenvalue weighted by Crippen LogP contribution is -2.52. The topological polar surface area (TPSA) is 12.5 Å². The molecule has 2 rings (SSSR count). The zero-order chi connectivity index (χ0) is 7.84. The first kappa shape index (κ1) is 7.56. The molecule has 1 heterocycles. The molecule has 0 aromatic rings. The van der Waals surface area contributed by atoms with Crippen LogP contribution in [0.1, 0.15) is 12.8 Å². The summed E-state index contributed by atoms with van der Waals surface area (Å²) in [6.07, 6.45) is 3.28. The van der Waals surface area contributed by atoms with E-state index in [1.807, 2.05) is 7.11 Å². The molecule has 2 fully saturated rings. The Kier molecular flexibility index (Phi) is 1.90. The lowest BCUT2D eigenvalue weighted by atomic mass is 9.67. The highest BCUT2D eigenvalue weighted by Gasteiger charge is 2.43. The SMILES string of the molecule is COC1CC2CCN(C)CC21. The average molecular weight is 155 g/mol. The molecule has 2 aliphatic rings. The van der Waals surface area contributed by atoms with Gasteiger partial charge in [-0.2, -0.15) is 0 Å². The zero-order valence-corrected chi connectivity index (χ0v) is 7.42. The molecule has 1 saturated carbocycles. The van der Waals surface area contributed by atoms with E-state index in [-0.39, 0.29) is 0 Å². The second-order valence-electron chi connectivity index (χ2n) is 3.98. The van der Waals surface area contributed by atoms with Crippen molar-refractivity contribution >= 4 is 0 Å². The molecule has 0 amide bonds. The number of likely N-dealkylation sites (tertiary alicyclic amines) is 1. The third-order valence-corrected chi connectivity index (χ3v) is 3.32. The number of ether oxygens (including phenoxy) is 1. The minimum absolute atomic E-state index is 0.572. The van der Waals surface area contributed by atoms with E-state index in [1.54, 1.807) is 0 Å². The summed E-state index contributed by atoms with van der Waals surface area (Å²) in [4.78, 5) is 2.42. The van der Waals surface area contributed by atoms with E-state index < -0.39 is 0 Å². The van der Waals surface area contributed by atoms with Gasteiger partial charge in [0.2, 0.25) is 0 Å². The third-order valence-electron chi connectivity index (χ3n) is 3.32. The molecule has 1 aliphatic carbocycles. The third kappa shape index (κ3) is 1.18. The van der Waals surface area contributed by atoms with Crippen molar-refractivity contribution in [1.29, 1.82) is 0 Å². The second-order valence-corrected chi connectivity index (χ2v) is 3.98. The van der Waals surface area contributed by atoms with Crippen LogP contribution in [0.25, 0.3) is 0 Å². The summed E-state index contributed by atoms with van der Waals surface area (Å²) in [6, 6.07) is 0. The largest absolute Gasteiger partial charge is 0.381 e. The highest BCUT2D eigenvalue weighted by atomic mass is 16.5. The number of nitrogens with zero attached hydrogens (tertiary/aromatic N) is 1. The van der Waals surface area contributed by atoms with Crippen LogP contribution in [0.2, 0.25) is 0 Å². The Bertz CT molecular complexity index is 142. The van der Waals surface area contributed by atoms with Crippen molar-refractivity contribution in [2.75, 3.05) is 27.2 Å². The van der Waals surface area contributed by atoms with E-state index in [1.165, 1.54) is 25.9 Å². The van der Waals surface area contributed by atoms with Crippen molar-refractivity contribution in [3.63, 3.8) is 0 Å². The van der Waals surface area contributed by atoms with Crippen molar-refractivity contribution in [3.8, 4) is 0 Å². The Morgan fingerprint density at radius 1 is 1.45 bits per heavy atom. The Morgan fingerprint density at radius 3 is 3.00 bits per heavy atom. The molecule has 3 unspecified atom stereocenters. The summed E-state index contributed by atoms with van der Waals surface area (Å²) in [6.45, 7) is 2.54. The van der Waals surface area contributed by atoms with E-state index in [0.717, 1.165) is 11.8 Å². The summed E-state index contributed by atoms with van der Waals surface area (Å²) in [5.74, 6) is 1.83. The van der Waals surface area contributed by atoms with Gasteiger partial charge >= 0.3 is 0 Å². The van der Waals surface area contributed by atoms with Gasteiger partial charge in [-0.25, -0.2) is 0 Å². The maximum atomic E-state index is 5.38. The number of piperidine rings is 1. The molecule has 3 atom stereocenters. The van der Waals surface area contributed by atoms with Crippen LogP contribution in [0, 0.1) is 11.8 Å². The summed E-state index contributed by atoms with van der Waals surface area (Å²) in [5.41, 5.74) is 0. The Morgan fingerprint density at radius 2 is 2.27 bits per heavy atom. The second kappa shape index (κ2) is 2.76. The predicted molar refractivity (Wildman–Crippen MR) is 44.5 cm³/mol. The molecular formula is C9H17NO. The minimum atomic E-state index is 0.572. The molecule has 1 aliphatic heterocycles. The van der Waals surface area contributed by atoms with Gasteiger partial charge in [0.1, 0.15) is 0 Å². The van der Waals surface area contributed by atoms with Gasteiger partial charge in [-0.3, -0.25) is 0 Å². The van der Waals surface area contributed by atoms with Crippen LogP contribution in [0.3, 0.4) is 0 Å². The van der Waals surface area contributed by atoms with Gasteiger partial charge < -0.3 is 9.64 Å². The molecule has 64 valence electrons. The van der Waals surface area contributed by atoms with Crippen molar-refractivity contribution in [3.05, 3.63) is 0 Å². The van der Waals surface area contributed by atoms with Gasteiger partial charge in [0, 0.05) is 19.6 Å². The molecule has 11 heavy (non-hydrogen) atoms. The lowest BCUT2D eigenvalue weighted by molar-refractivity contribution is -0.0951. The molecule has 0 aromatic heterocycles. The summed E-state index contributed by atoms with van der Waals surface area (Å²) in [5, 5.41) is 0. The summed E-state index contributed by atoms with van der Waals surface area (Å²) < 4.78 is 5.38. The van der Waals surface area contributed by atoms with Crippen LogP contribution in [0.15, 0.2) is 0 Å². The monoisotopic (exact) mass is 155 g/mol. The fourth-order valence-electron chi connectivity index (χ4n) is 2.46. The summed E-state index contributed by atoms with van der Waals surface area (Å²) in [7, 11) is 4.05. The maximum absolute atomic E-state index is 5.38. The zero-order valence-electron chi connectivity index (χ0n) is 7.42. The van der Waals surface area contributed by atoms with Crippen LogP contribution >= 0.6 is 0 Å². The maximum Gasteiger partial charge on any atom is 0.0617 e. The molecule has 1 saturated heterocycles. The number of methoxy groups -OCH3 is 1. The van der Waals surface area contributed by atoms with E-state index >= 15 is 0 Å². The fraction of sp³-hybridized carbons (Fsp3) is 1.00. The van der Waals surface area contributed by atoms with Crippen molar-refractivity contribution in [1.82, 2.24) is 4.90 Å². The standard InChI is InChI=1S/C9H17NO/c1-10-4-3-7-5-9(11-2)8(7)6-10/h7-9H,3-6H2,1-2H3. The molecular weight excluding hydrogens is 138 g/mol. The molecule has 0 aromatic carbocycles. The van der Waals surface area contributed by atoms with E-state index in [2.05, 4.69) is 11.9 Å². The predicted octanol–water partition coefficient (Wildman–Crippen LogP) is 0.973. The van der Waals surface area contributed by atoms with Crippen molar-refractivity contribution in [2.45, 2.75) is 18.9 Å². The summed E-state index contributed by atoms with van der Waals surface area (Å²) >= 11 is 0. The van der Waals surface area contributed by atoms with E-state index in [0.29, 0.717) is 6.10 Å². The molecule has 2 nitrogen and oxygen atoms in total. The first-order valence-electron chi connectivity index (χ1n) is 4.52. The van der Waals surface area contributed by atoms with E-state index in [9.17, 15) is 0 Å². The molecule has 0 bridgehead atoms. The van der Waals surface area contributed by atoms with Crippen LogP contribution in [0.5, 0.6) is 0 Å². The van der Waals surface area contributed by atoms with Gasteiger partial charge in [-0.1, -0.05) is 0 Å². The average Bonchev–Trinajstić information content (AvgIpc) is 1.97. The van der Waals surface area contributed by atoms with Crippen molar-refractivity contribution in [2.24, 2.45) is 11.8 Å². The van der Waals surface area contributed by atoms with Gasteiger partial charge in [0.05, 0.1) is 6.10 Å². The number of hydrogen-bond acceptors (Lipinski definition) is 2. The molecule has 2 heteroatoms. The highest BCUT2D eigenvalue weighted by molar-refractivity contribution is 4.94. The highest BCUT2D eigenvalue weighted by Crippen LogP contribution is 2.41. The first-order chi connectivity index (χ1) is 5.31. The van der Waals surface area contributed by atoms with Gasteiger partial charge in [0.25, 0.3) is 0 Å². The quantitative estimate of drug-likeness (QED) is 0.559. The molecule has 0 N–H and O–H groups in total. The molecule has 0 spiro atoms. The van der Waals surface area contributed by atoms with Crippen molar-refractivity contribution < 1.29 is 4.74 Å². The minimum Gasteiger partial charge on any atom is -0.381 e. The fourth-order valence-corrected chi connectivity index (χ4v) is 2.46. The van der Waals surface area contributed by atoms with E-state index in [4.69, 9.17) is 4.74 Å². The van der Waals surface area contributed by atoms with Gasteiger partial charge in [0.15, 0.2) is 0 Å². The first-order valence-corrected chi connectivity index (χ1v) is 4.52. The normalized spacial score (nSPS) is 44.7. The smallest absolute Gasteiger partial charge is 0.0617 e.